The van der Waals surface area contributed by atoms with Crippen LogP contribution in [0.5, 0.6) is 0 Å². The molecular weight excluding hydrogens is 456 g/mol. The normalized spacial score (nSPS) is 21.5. The molecule has 0 aliphatic carbocycles. The van der Waals surface area contributed by atoms with E-state index < -0.39 is 5.54 Å². The van der Waals surface area contributed by atoms with Gasteiger partial charge in [-0.3, -0.25) is 19.6 Å². The average molecular weight is 489 g/mol. The summed E-state index contributed by atoms with van der Waals surface area (Å²) in [7, 11) is 0. The molecule has 2 aliphatic rings. The predicted molar refractivity (Wildman–Crippen MR) is 138 cm³/mol. The van der Waals surface area contributed by atoms with Gasteiger partial charge in [0.15, 0.2) is 0 Å². The van der Waals surface area contributed by atoms with Gasteiger partial charge in [0.2, 0.25) is 0 Å². The molecule has 3 aromatic rings. The van der Waals surface area contributed by atoms with E-state index in [0.717, 1.165) is 43.7 Å². The van der Waals surface area contributed by atoms with Gasteiger partial charge in [-0.2, -0.15) is 0 Å². The van der Waals surface area contributed by atoms with Crippen LogP contribution in [0, 0.1) is 12.8 Å². The van der Waals surface area contributed by atoms with Crippen LogP contribution in [-0.2, 0) is 24.2 Å². The largest absolute Gasteiger partial charge is 0.325 e. The summed E-state index contributed by atoms with van der Waals surface area (Å²) in [5.41, 5.74) is 1.06. The second kappa shape index (κ2) is 10.3. The lowest BCUT2D eigenvalue weighted by atomic mass is 9.74. The van der Waals surface area contributed by atoms with Crippen molar-refractivity contribution in [3.8, 4) is 0 Å². The summed E-state index contributed by atoms with van der Waals surface area (Å²) in [5, 5.41) is 3.19. The number of likely N-dealkylation sites (tertiary alicyclic amines) is 1. The lowest BCUT2D eigenvalue weighted by Gasteiger charge is -2.41. The number of urea groups is 1. The van der Waals surface area contributed by atoms with E-state index in [1.165, 1.54) is 14.7 Å². The van der Waals surface area contributed by atoms with Gasteiger partial charge in [0.05, 0.1) is 0 Å². The van der Waals surface area contributed by atoms with Crippen molar-refractivity contribution >= 4 is 23.3 Å². The fraction of sp³-hybridized carbons (Fsp3) is 0.393. The second-order valence-corrected chi connectivity index (χ2v) is 11.0. The van der Waals surface area contributed by atoms with E-state index >= 15 is 0 Å². The van der Waals surface area contributed by atoms with Gasteiger partial charge in [-0.15, -0.1) is 11.3 Å². The number of carbonyl (C=O) groups excluding carboxylic acids is 2. The molecule has 0 saturated carbocycles. The molecule has 0 bridgehead atoms. The molecular formula is C28H32N4O2S. The Morgan fingerprint density at radius 1 is 1.03 bits per heavy atom. The molecule has 3 amide bonds. The van der Waals surface area contributed by atoms with E-state index in [9.17, 15) is 9.59 Å². The highest BCUT2D eigenvalue weighted by atomic mass is 32.1. The van der Waals surface area contributed by atoms with Crippen molar-refractivity contribution in [3.05, 3.63) is 87.9 Å². The Morgan fingerprint density at radius 2 is 1.80 bits per heavy atom. The van der Waals surface area contributed by atoms with Crippen LogP contribution in [0.15, 0.2) is 66.9 Å². The van der Waals surface area contributed by atoms with Gasteiger partial charge in [0.25, 0.3) is 5.91 Å². The van der Waals surface area contributed by atoms with E-state index in [1.807, 2.05) is 59.9 Å². The van der Waals surface area contributed by atoms with E-state index in [2.05, 4.69) is 34.3 Å². The Kier molecular flexibility index (Phi) is 6.97. The summed E-state index contributed by atoms with van der Waals surface area (Å²) in [4.78, 5) is 38.0. The maximum atomic E-state index is 13.9. The molecule has 2 saturated heterocycles. The van der Waals surface area contributed by atoms with Crippen molar-refractivity contribution in [2.24, 2.45) is 5.92 Å². The Hall–Kier alpha value is -3.03. The number of benzene rings is 1. The predicted octanol–water partition coefficient (Wildman–Crippen LogP) is 4.44. The zero-order valence-electron chi connectivity index (χ0n) is 20.2. The van der Waals surface area contributed by atoms with Crippen molar-refractivity contribution in [2.75, 3.05) is 19.6 Å². The molecule has 5 rings (SSSR count). The number of pyridine rings is 1. The first kappa shape index (κ1) is 23.7. The first-order valence-corrected chi connectivity index (χ1v) is 13.2. The maximum absolute atomic E-state index is 13.9. The Bertz CT molecular complexity index is 1160. The fourth-order valence-electron chi connectivity index (χ4n) is 5.45. The standard InChI is InChI=1S/C28H32N4O2S/c1-21-10-11-25(35-21)20-31-16-12-23(13-17-31)28(19-22-7-3-2-4-8-22)26(33)32(27(34)30-28)18-14-24-9-5-6-15-29-24/h2-11,15,23H,12-14,16-20H2,1H3,(H,30,34). The molecule has 2 aliphatic heterocycles. The molecule has 1 aromatic carbocycles. The van der Waals surface area contributed by atoms with Crippen LogP contribution < -0.4 is 5.32 Å². The molecule has 7 heteroatoms. The summed E-state index contributed by atoms with van der Waals surface area (Å²) in [6.45, 7) is 5.29. The number of rotatable bonds is 8. The number of nitrogens with one attached hydrogen (secondary N) is 1. The molecule has 0 radical (unpaired) electrons. The summed E-state index contributed by atoms with van der Waals surface area (Å²) >= 11 is 1.85. The first-order valence-electron chi connectivity index (χ1n) is 12.4. The smallest absolute Gasteiger partial charge is 0.322 e. The first-order chi connectivity index (χ1) is 17.0. The van der Waals surface area contributed by atoms with Crippen molar-refractivity contribution in [1.29, 1.82) is 0 Å². The maximum Gasteiger partial charge on any atom is 0.325 e. The fourth-order valence-corrected chi connectivity index (χ4v) is 6.39. The molecule has 4 heterocycles. The summed E-state index contributed by atoms with van der Waals surface area (Å²) < 4.78 is 0. The Labute approximate surface area is 211 Å². The van der Waals surface area contributed by atoms with E-state index in [0.29, 0.717) is 19.4 Å². The SMILES string of the molecule is Cc1ccc(CN2CCC(C3(Cc4ccccc4)NC(=O)N(CCc4ccccn4)C3=O)CC2)s1. The van der Waals surface area contributed by atoms with Gasteiger partial charge in [0, 0.05) is 47.6 Å². The van der Waals surface area contributed by atoms with Gasteiger partial charge in [0.1, 0.15) is 5.54 Å². The van der Waals surface area contributed by atoms with E-state index in [-0.39, 0.29) is 17.9 Å². The van der Waals surface area contributed by atoms with Crippen LogP contribution in [0.2, 0.25) is 0 Å². The average Bonchev–Trinajstić information content (AvgIpc) is 3.39. The minimum atomic E-state index is -0.895. The number of nitrogens with zero attached hydrogens (tertiary/aromatic N) is 3. The number of piperidine rings is 1. The van der Waals surface area contributed by atoms with Crippen LogP contribution in [-0.4, -0.2) is 51.9 Å². The van der Waals surface area contributed by atoms with Crippen LogP contribution in [0.3, 0.4) is 0 Å². The molecule has 6 nitrogen and oxygen atoms in total. The lowest BCUT2D eigenvalue weighted by molar-refractivity contribution is -0.134. The number of hydrogen-bond donors (Lipinski definition) is 1. The molecule has 182 valence electrons. The number of hydrogen-bond acceptors (Lipinski definition) is 5. The van der Waals surface area contributed by atoms with E-state index in [4.69, 9.17) is 0 Å². The minimum absolute atomic E-state index is 0.0883. The zero-order valence-corrected chi connectivity index (χ0v) is 21.0. The number of imide groups is 1. The summed E-state index contributed by atoms with van der Waals surface area (Å²) in [6.07, 6.45) is 4.59. The van der Waals surface area contributed by atoms with Crippen LogP contribution in [0.4, 0.5) is 4.79 Å². The monoisotopic (exact) mass is 488 g/mol. The van der Waals surface area contributed by atoms with Gasteiger partial charge < -0.3 is 5.32 Å². The highest BCUT2D eigenvalue weighted by molar-refractivity contribution is 7.11. The quantitative estimate of drug-likeness (QED) is 0.476. The second-order valence-electron chi connectivity index (χ2n) is 9.65. The lowest BCUT2D eigenvalue weighted by Crippen LogP contribution is -2.57. The Balaban J connectivity index is 1.33. The molecule has 35 heavy (non-hydrogen) atoms. The number of aryl methyl sites for hydroxylation is 1. The van der Waals surface area contributed by atoms with Crippen LogP contribution in [0.25, 0.3) is 0 Å². The third-order valence-corrected chi connectivity index (χ3v) is 8.29. The summed E-state index contributed by atoms with van der Waals surface area (Å²) in [6, 6.07) is 19.9. The van der Waals surface area contributed by atoms with Crippen molar-refractivity contribution in [1.82, 2.24) is 20.1 Å². The minimum Gasteiger partial charge on any atom is -0.322 e. The summed E-state index contributed by atoms with van der Waals surface area (Å²) in [5.74, 6) is 0.00921. The Morgan fingerprint density at radius 3 is 2.49 bits per heavy atom. The number of amides is 3. The highest BCUT2D eigenvalue weighted by Gasteiger charge is 2.55. The zero-order chi connectivity index (χ0) is 24.3. The van der Waals surface area contributed by atoms with Gasteiger partial charge in [-0.25, -0.2) is 4.79 Å². The van der Waals surface area contributed by atoms with Gasteiger partial charge in [-0.1, -0.05) is 36.4 Å². The van der Waals surface area contributed by atoms with Crippen LogP contribution >= 0.6 is 11.3 Å². The van der Waals surface area contributed by atoms with Crippen molar-refractivity contribution in [2.45, 2.75) is 44.7 Å². The van der Waals surface area contributed by atoms with E-state index in [1.54, 1.807) is 6.20 Å². The number of thiophene rings is 1. The number of carbonyl (C=O) groups is 2. The highest BCUT2D eigenvalue weighted by Crippen LogP contribution is 2.37. The molecule has 2 aromatic heterocycles. The van der Waals surface area contributed by atoms with Gasteiger partial charge in [-0.05, 0) is 68.6 Å². The van der Waals surface area contributed by atoms with Crippen LogP contribution in [0.1, 0.15) is 33.9 Å². The van der Waals surface area contributed by atoms with Crippen molar-refractivity contribution in [3.63, 3.8) is 0 Å². The molecule has 0 spiro atoms. The van der Waals surface area contributed by atoms with Gasteiger partial charge >= 0.3 is 6.03 Å². The molecule has 1 unspecified atom stereocenters. The third kappa shape index (κ3) is 5.16. The molecule has 2 fully saturated rings. The number of aromatic nitrogens is 1. The topological polar surface area (TPSA) is 65.5 Å². The third-order valence-electron chi connectivity index (χ3n) is 7.31. The molecule has 1 atom stereocenters. The molecule has 1 N–H and O–H groups in total. The van der Waals surface area contributed by atoms with Crippen molar-refractivity contribution < 1.29 is 9.59 Å².